The number of aromatic nitrogens is 1. The van der Waals surface area contributed by atoms with Crippen LogP contribution in [0.2, 0.25) is 0 Å². The van der Waals surface area contributed by atoms with E-state index in [1.54, 1.807) is 11.3 Å². The van der Waals surface area contributed by atoms with E-state index in [0.717, 1.165) is 26.0 Å². The van der Waals surface area contributed by atoms with Crippen molar-refractivity contribution in [3.63, 3.8) is 0 Å². The number of benzene rings is 2. The van der Waals surface area contributed by atoms with Crippen LogP contribution < -0.4 is 0 Å². The van der Waals surface area contributed by atoms with Crippen LogP contribution in [0.4, 0.5) is 5.69 Å². The van der Waals surface area contributed by atoms with Crippen LogP contribution in [0.15, 0.2) is 30.3 Å². The summed E-state index contributed by atoms with van der Waals surface area (Å²) in [4.78, 5) is 8.12. The van der Waals surface area contributed by atoms with E-state index in [9.17, 15) is 0 Å². The van der Waals surface area contributed by atoms with E-state index in [1.807, 2.05) is 37.3 Å². The van der Waals surface area contributed by atoms with Gasteiger partial charge in [0.1, 0.15) is 0 Å². The van der Waals surface area contributed by atoms with Crippen LogP contribution in [0.3, 0.4) is 0 Å². The zero-order valence-corrected chi connectivity index (χ0v) is 9.51. The van der Waals surface area contributed by atoms with Gasteiger partial charge in [-0.1, -0.05) is 24.3 Å². The molecule has 0 saturated heterocycles. The van der Waals surface area contributed by atoms with Gasteiger partial charge in [-0.05, 0) is 23.8 Å². The van der Waals surface area contributed by atoms with E-state index >= 15 is 0 Å². The molecule has 0 N–H and O–H groups in total. The van der Waals surface area contributed by atoms with Crippen LogP contribution in [-0.4, -0.2) is 4.98 Å². The Labute approximate surface area is 97.0 Å². The molecule has 3 aromatic rings. The fourth-order valence-electron chi connectivity index (χ4n) is 1.94. The Morgan fingerprint density at radius 2 is 2.00 bits per heavy atom. The van der Waals surface area contributed by atoms with Gasteiger partial charge in [-0.15, -0.1) is 11.3 Å². The van der Waals surface area contributed by atoms with Gasteiger partial charge in [0.2, 0.25) is 0 Å². The van der Waals surface area contributed by atoms with E-state index in [4.69, 9.17) is 6.57 Å². The largest absolute Gasteiger partial charge is 0.241 e. The van der Waals surface area contributed by atoms with Crippen molar-refractivity contribution < 1.29 is 0 Å². The number of fused-ring (bicyclic) bond motifs is 3. The van der Waals surface area contributed by atoms with E-state index in [2.05, 4.69) is 9.83 Å². The van der Waals surface area contributed by atoms with Gasteiger partial charge in [-0.25, -0.2) is 9.83 Å². The molecule has 3 rings (SSSR count). The molecule has 76 valence electrons. The van der Waals surface area contributed by atoms with E-state index in [1.165, 1.54) is 0 Å². The number of nitrogens with zero attached hydrogens (tertiary/aromatic N) is 2. The molecule has 0 fully saturated rings. The molecule has 16 heavy (non-hydrogen) atoms. The van der Waals surface area contributed by atoms with Gasteiger partial charge in [-0.3, -0.25) is 0 Å². The van der Waals surface area contributed by atoms with Crippen molar-refractivity contribution in [1.29, 1.82) is 0 Å². The Morgan fingerprint density at radius 3 is 2.75 bits per heavy atom. The van der Waals surface area contributed by atoms with Crippen LogP contribution in [-0.2, 0) is 0 Å². The Kier molecular flexibility index (Phi) is 1.92. The summed E-state index contributed by atoms with van der Waals surface area (Å²) in [6.07, 6.45) is 0. The van der Waals surface area contributed by atoms with Crippen LogP contribution in [0.1, 0.15) is 5.01 Å². The molecule has 0 saturated carbocycles. The first-order valence-electron chi connectivity index (χ1n) is 4.96. The molecule has 1 heterocycles. The summed E-state index contributed by atoms with van der Waals surface area (Å²) in [5, 5.41) is 3.12. The van der Waals surface area contributed by atoms with E-state index in [0.29, 0.717) is 5.69 Å². The molecule has 0 radical (unpaired) electrons. The molecule has 1 aromatic heterocycles. The highest BCUT2D eigenvalue weighted by Gasteiger charge is 2.09. The molecule has 2 nitrogen and oxygen atoms in total. The average molecular weight is 224 g/mol. The second-order valence-corrected chi connectivity index (χ2v) is 4.87. The highest BCUT2D eigenvalue weighted by Crippen LogP contribution is 2.35. The third kappa shape index (κ3) is 1.21. The second kappa shape index (κ2) is 3.29. The van der Waals surface area contributed by atoms with Crippen molar-refractivity contribution in [3.05, 3.63) is 46.8 Å². The normalized spacial score (nSPS) is 10.8. The molecule has 0 spiro atoms. The number of aryl methyl sites for hydroxylation is 1. The lowest BCUT2D eigenvalue weighted by Crippen LogP contribution is -1.76. The maximum atomic E-state index is 7.22. The maximum absolute atomic E-state index is 7.22. The second-order valence-electron chi connectivity index (χ2n) is 3.63. The summed E-state index contributed by atoms with van der Waals surface area (Å²) in [5.41, 5.74) is 1.73. The average Bonchev–Trinajstić information content (AvgIpc) is 2.68. The molecule has 0 aliphatic rings. The Hall–Kier alpha value is -1.92. The van der Waals surface area contributed by atoms with Gasteiger partial charge in [0.15, 0.2) is 5.69 Å². The minimum atomic E-state index is 0.715. The van der Waals surface area contributed by atoms with Gasteiger partial charge in [0.05, 0.1) is 17.1 Å². The van der Waals surface area contributed by atoms with Crippen molar-refractivity contribution in [3.8, 4) is 0 Å². The van der Waals surface area contributed by atoms with E-state index in [-0.39, 0.29) is 0 Å². The fourth-order valence-corrected chi connectivity index (χ4v) is 2.82. The van der Waals surface area contributed by atoms with E-state index < -0.39 is 0 Å². The Balaban J connectivity index is 2.63. The summed E-state index contributed by atoms with van der Waals surface area (Å²) in [6.45, 7) is 9.21. The monoisotopic (exact) mass is 224 g/mol. The minimum absolute atomic E-state index is 0.715. The zero-order chi connectivity index (χ0) is 11.1. The maximum Gasteiger partial charge on any atom is 0.196 e. The van der Waals surface area contributed by atoms with Crippen LogP contribution in [0.5, 0.6) is 0 Å². The van der Waals surface area contributed by atoms with Crippen molar-refractivity contribution in [2.24, 2.45) is 0 Å². The summed E-state index contributed by atoms with van der Waals surface area (Å²) >= 11 is 1.64. The summed E-state index contributed by atoms with van der Waals surface area (Å²) in [7, 11) is 0. The van der Waals surface area contributed by atoms with Gasteiger partial charge in [0.25, 0.3) is 0 Å². The molecule has 0 unspecified atom stereocenters. The topological polar surface area (TPSA) is 17.2 Å². The number of thiazole rings is 1. The molecule has 0 bridgehead atoms. The number of hydrogen-bond donors (Lipinski definition) is 0. The van der Waals surface area contributed by atoms with Crippen LogP contribution in [0.25, 0.3) is 25.8 Å². The number of hydrogen-bond acceptors (Lipinski definition) is 2. The summed E-state index contributed by atoms with van der Waals surface area (Å²) in [5.74, 6) is 0. The molecule has 0 aliphatic heterocycles. The van der Waals surface area contributed by atoms with Gasteiger partial charge in [0, 0.05) is 4.70 Å². The third-order valence-electron chi connectivity index (χ3n) is 2.61. The molecule has 0 aliphatic carbocycles. The number of rotatable bonds is 0. The van der Waals surface area contributed by atoms with Crippen LogP contribution >= 0.6 is 11.3 Å². The van der Waals surface area contributed by atoms with Gasteiger partial charge in [-0.2, -0.15) is 0 Å². The summed E-state index contributed by atoms with van der Waals surface area (Å²) < 4.78 is 1.10. The molecule has 0 amide bonds. The lowest BCUT2D eigenvalue weighted by Gasteiger charge is -2.00. The first kappa shape index (κ1) is 9.32. The highest BCUT2D eigenvalue weighted by molar-refractivity contribution is 7.18. The lowest BCUT2D eigenvalue weighted by atomic mass is 10.1. The summed E-state index contributed by atoms with van der Waals surface area (Å²) in [6, 6.07) is 9.91. The predicted molar refractivity (Wildman–Crippen MR) is 68.1 cm³/mol. The van der Waals surface area contributed by atoms with Gasteiger partial charge < -0.3 is 0 Å². The van der Waals surface area contributed by atoms with Crippen molar-refractivity contribution in [2.75, 3.05) is 0 Å². The first-order chi connectivity index (χ1) is 7.79. The molecule has 0 atom stereocenters. The zero-order valence-electron chi connectivity index (χ0n) is 8.69. The predicted octanol–water partition coefficient (Wildman–Crippen LogP) is 4.31. The Morgan fingerprint density at radius 1 is 1.25 bits per heavy atom. The standard InChI is InChI=1S/C13H8N2S/c1-8-15-13-10-6-4-3-5-9(10)11(14-2)7-12(13)16-8/h3-7H,1H3. The SMILES string of the molecule is [C-]#[N+]c1cc2sc(C)nc2c2ccccc12. The fraction of sp³-hybridized carbons (Fsp3) is 0.0769. The lowest BCUT2D eigenvalue weighted by molar-refractivity contribution is 1.35. The van der Waals surface area contributed by atoms with Crippen molar-refractivity contribution in [1.82, 2.24) is 4.98 Å². The van der Waals surface area contributed by atoms with Crippen molar-refractivity contribution >= 4 is 38.0 Å². The van der Waals surface area contributed by atoms with Crippen LogP contribution in [0, 0.1) is 13.5 Å². The molecular weight excluding hydrogens is 216 g/mol. The smallest absolute Gasteiger partial charge is 0.196 e. The minimum Gasteiger partial charge on any atom is -0.241 e. The third-order valence-corrected chi connectivity index (χ3v) is 3.52. The van der Waals surface area contributed by atoms with Crippen molar-refractivity contribution in [2.45, 2.75) is 6.92 Å². The highest BCUT2D eigenvalue weighted by atomic mass is 32.1. The molecule has 3 heteroatoms. The van der Waals surface area contributed by atoms with Gasteiger partial charge >= 0.3 is 0 Å². The molecule has 2 aromatic carbocycles. The quantitative estimate of drug-likeness (QED) is 0.520. The first-order valence-corrected chi connectivity index (χ1v) is 5.77. The molecular formula is C13H8N2S. The Bertz CT molecular complexity index is 735.